The highest BCUT2D eigenvalue weighted by molar-refractivity contribution is 6.35. The summed E-state index contributed by atoms with van der Waals surface area (Å²) < 4.78 is 22.4. The minimum atomic E-state index is -0.591. The van der Waals surface area contributed by atoms with Crippen molar-refractivity contribution in [2.45, 2.75) is 53.9 Å². The maximum atomic E-state index is 16.7. The first-order chi connectivity index (χ1) is 24.1. The lowest BCUT2D eigenvalue weighted by Gasteiger charge is -2.35. The van der Waals surface area contributed by atoms with E-state index in [0.717, 1.165) is 30.0 Å². The van der Waals surface area contributed by atoms with Gasteiger partial charge in [0, 0.05) is 63.9 Å². The van der Waals surface area contributed by atoms with E-state index < -0.39 is 5.82 Å². The second-order valence-electron chi connectivity index (χ2n) is 12.3. The van der Waals surface area contributed by atoms with Crippen LogP contribution in [-0.2, 0) is 9.53 Å². The fourth-order valence-corrected chi connectivity index (χ4v) is 5.80. The third-order valence-electron chi connectivity index (χ3n) is 8.29. The maximum absolute atomic E-state index is 16.7. The number of carbonyl (C=O) groups excluding carboxylic acids is 1. The number of unbranched alkanes of at least 4 members (excludes halogenated alkanes) is 1. The number of phenolic OH excluding ortho intramolecular Hbond substituents is 1. The number of amides is 1. The van der Waals surface area contributed by atoms with Crippen LogP contribution in [-0.4, -0.2) is 90.6 Å². The van der Waals surface area contributed by atoms with E-state index in [0.29, 0.717) is 81.2 Å². The number of phenols is 1. The molecule has 0 aliphatic carbocycles. The third-order valence-corrected chi connectivity index (χ3v) is 8.59. The lowest BCUT2D eigenvalue weighted by atomic mass is 9.96. The van der Waals surface area contributed by atoms with Crippen molar-refractivity contribution in [3.63, 3.8) is 0 Å². The van der Waals surface area contributed by atoms with Crippen LogP contribution in [0.15, 0.2) is 55.1 Å². The van der Waals surface area contributed by atoms with E-state index in [2.05, 4.69) is 27.4 Å². The number of aliphatic hydroxyl groups is 1. The average Bonchev–Trinajstić information content (AvgIpc) is 3.12. The predicted octanol–water partition coefficient (Wildman–Crippen LogP) is 8.09. The quantitative estimate of drug-likeness (QED) is 0.112. The third kappa shape index (κ3) is 10.3. The Morgan fingerprint density at radius 3 is 2.42 bits per heavy atom. The molecule has 1 aliphatic heterocycles. The second-order valence-corrected chi connectivity index (χ2v) is 12.7. The molecule has 1 fully saturated rings. The monoisotopic (exact) mass is 709 g/mol. The van der Waals surface area contributed by atoms with Crippen molar-refractivity contribution >= 4 is 50.9 Å². The Balaban J connectivity index is 0.000000765. The molecule has 0 saturated carbocycles. The van der Waals surface area contributed by atoms with Crippen LogP contribution in [0.3, 0.4) is 0 Å². The van der Waals surface area contributed by atoms with Crippen molar-refractivity contribution in [2.24, 2.45) is 5.92 Å². The van der Waals surface area contributed by atoms with E-state index in [1.54, 1.807) is 17.0 Å². The molecule has 1 aromatic heterocycles. The number of benzene rings is 3. The smallest absolute Gasteiger partial charge is 0.246 e. The molecule has 2 N–H and O–H groups in total. The van der Waals surface area contributed by atoms with Gasteiger partial charge in [0.05, 0.1) is 11.6 Å². The maximum Gasteiger partial charge on any atom is 0.246 e. The number of aliphatic hydroxyl groups excluding tert-OH is 1. The van der Waals surface area contributed by atoms with Gasteiger partial charge in [-0.25, -0.2) is 9.37 Å². The molecule has 11 heteroatoms. The summed E-state index contributed by atoms with van der Waals surface area (Å²) in [5, 5.41) is 20.9. The first-order valence-electron chi connectivity index (χ1n) is 17.6. The Kier molecular flexibility index (Phi) is 16.2. The van der Waals surface area contributed by atoms with Gasteiger partial charge >= 0.3 is 0 Å². The number of likely N-dealkylation sites (N-methyl/N-ethyl adjacent to an activating group) is 1. The van der Waals surface area contributed by atoms with Gasteiger partial charge in [-0.1, -0.05) is 83.5 Å². The number of aromatic nitrogens is 2. The number of hydrogen-bond acceptors (Lipinski definition) is 8. The summed E-state index contributed by atoms with van der Waals surface area (Å²) in [5.41, 5.74) is 0.773. The molecule has 1 saturated heterocycles. The van der Waals surface area contributed by atoms with Crippen LogP contribution in [0.2, 0.25) is 5.02 Å². The van der Waals surface area contributed by atoms with Crippen LogP contribution in [0.4, 0.5) is 16.2 Å². The summed E-state index contributed by atoms with van der Waals surface area (Å²) in [6, 6.07) is 12.3. The molecule has 1 aliphatic rings. The molecule has 0 atom stereocenters. The minimum Gasteiger partial charge on any atom is -0.508 e. The Morgan fingerprint density at radius 1 is 1.10 bits per heavy atom. The molecule has 3 aromatic carbocycles. The SMILES string of the molecule is C=CC(=O)N1CCN(c2nc(N(C)CCOCCCC)nc3c(F)c(-c4cc(O)cc5ccccc45)c(Cl)cc23)CC1.CC.CC(C)CCO. The van der Waals surface area contributed by atoms with Crippen LogP contribution in [0, 0.1) is 11.7 Å². The van der Waals surface area contributed by atoms with Crippen LogP contribution in [0.5, 0.6) is 5.75 Å². The first kappa shape index (κ1) is 40.4. The number of halogens is 2. The number of anilines is 2. The van der Waals surface area contributed by atoms with Gasteiger partial charge in [0.1, 0.15) is 17.1 Å². The number of piperazine rings is 1. The molecule has 272 valence electrons. The minimum absolute atomic E-state index is 0.0121. The van der Waals surface area contributed by atoms with Gasteiger partial charge in [0.15, 0.2) is 5.82 Å². The van der Waals surface area contributed by atoms with Gasteiger partial charge in [0.2, 0.25) is 11.9 Å². The van der Waals surface area contributed by atoms with Gasteiger partial charge in [0.25, 0.3) is 0 Å². The lowest BCUT2D eigenvalue weighted by Crippen LogP contribution is -2.48. The highest BCUT2D eigenvalue weighted by Crippen LogP contribution is 2.42. The Bertz CT molecular complexity index is 1710. The van der Waals surface area contributed by atoms with Crippen LogP contribution >= 0.6 is 11.6 Å². The van der Waals surface area contributed by atoms with Crippen molar-refractivity contribution in [1.82, 2.24) is 14.9 Å². The van der Waals surface area contributed by atoms with Crippen molar-refractivity contribution in [2.75, 3.05) is 69.4 Å². The number of fused-ring (bicyclic) bond motifs is 2. The molecule has 0 radical (unpaired) electrons. The molecule has 50 heavy (non-hydrogen) atoms. The topological polar surface area (TPSA) is 102 Å². The molecular weight excluding hydrogens is 657 g/mol. The van der Waals surface area contributed by atoms with Gasteiger partial charge in [-0.2, -0.15) is 4.98 Å². The number of aromatic hydroxyl groups is 1. The summed E-state index contributed by atoms with van der Waals surface area (Å²) in [7, 11) is 1.85. The van der Waals surface area contributed by atoms with Gasteiger partial charge in [-0.3, -0.25) is 4.79 Å². The highest BCUT2D eigenvalue weighted by Gasteiger charge is 2.27. The summed E-state index contributed by atoms with van der Waals surface area (Å²) in [6.45, 7) is 17.9. The number of ether oxygens (including phenoxy) is 1. The Labute approximate surface area is 301 Å². The standard InChI is InChI=1S/C32H35ClFN5O3.C5H12O.C2H6/c1-4-6-16-42-17-15-37(3)32-35-30-25(31(36-32)39-13-11-38(12-14-39)27(41)5-2)20-26(33)28(29(30)34)24-19-22(40)18-21-9-7-8-10-23(21)24;1-5(2)3-4-6;1-2/h5,7-10,18-20,40H,2,4,6,11-17H2,1,3H3;5-6H,3-4H2,1-2H3;1-2H3. The molecule has 0 unspecified atom stereocenters. The first-order valence-corrected chi connectivity index (χ1v) is 17.9. The van der Waals surface area contributed by atoms with E-state index in [4.69, 9.17) is 31.4 Å². The van der Waals surface area contributed by atoms with Gasteiger partial charge in [-0.05, 0) is 59.4 Å². The number of hydrogen-bond donors (Lipinski definition) is 2. The second kappa shape index (κ2) is 20.0. The molecule has 0 spiro atoms. The molecule has 0 bridgehead atoms. The Hall–Kier alpha value is -3.99. The summed E-state index contributed by atoms with van der Waals surface area (Å²) >= 11 is 6.82. The number of nitrogens with zero attached hydrogens (tertiary/aromatic N) is 5. The molecule has 1 amide bonds. The zero-order valence-corrected chi connectivity index (χ0v) is 31.1. The van der Waals surface area contributed by atoms with E-state index in [9.17, 15) is 9.90 Å². The summed E-state index contributed by atoms with van der Waals surface area (Å²) in [5.74, 6) is 0.851. The molecule has 5 rings (SSSR count). The summed E-state index contributed by atoms with van der Waals surface area (Å²) in [6.07, 6.45) is 4.28. The van der Waals surface area contributed by atoms with Gasteiger partial charge < -0.3 is 29.6 Å². The van der Waals surface area contributed by atoms with E-state index in [1.807, 2.05) is 55.0 Å². The van der Waals surface area contributed by atoms with Crippen molar-refractivity contribution < 1.29 is 24.1 Å². The fraction of sp³-hybridized carbons (Fsp3) is 0.462. The predicted molar refractivity (Wildman–Crippen MR) is 205 cm³/mol. The van der Waals surface area contributed by atoms with E-state index in [-0.39, 0.29) is 27.8 Å². The average molecular weight is 710 g/mol. The largest absolute Gasteiger partial charge is 0.508 e. The zero-order chi connectivity index (χ0) is 36.8. The molecule has 4 aromatic rings. The summed E-state index contributed by atoms with van der Waals surface area (Å²) in [4.78, 5) is 27.3. The fourth-order valence-electron chi connectivity index (χ4n) is 5.50. The lowest BCUT2D eigenvalue weighted by molar-refractivity contribution is -0.126. The van der Waals surface area contributed by atoms with E-state index in [1.165, 1.54) is 12.1 Å². The van der Waals surface area contributed by atoms with Gasteiger partial charge in [-0.15, -0.1) is 0 Å². The van der Waals surface area contributed by atoms with E-state index >= 15 is 4.39 Å². The molecule has 2 heterocycles. The van der Waals surface area contributed by atoms with Crippen molar-refractivity contribution in [3.05, 3.63) is 66.0 Å². The molecular formula is C39H53ClFN5O4. The zero-order valence-electron chi connectivity index (χ0n) is 30.4. The number of carbonyl (C=O) groups is 1. The normalized spacial score (nSPS) is 12.8. The Morgan fingerprint density at radius 2 is 1.80 bits per heavy atom. The van der Waals surface area contributed by atoms with Crippen molar-refractivity contribution in [3.8, 4) is 16.9 Å². The highest BCUT2D eigenvalue weighted by atomic mass is 35.5. The van der Waals surface area contributed by atoms with Crippen LogP contribution in [0.25, 0.3) is 32.8 Å². The molecule has 9 nitrogen and oxygen atoms in total. The van der Waals surface area contributed by atoms with Crippen LogP contribution in [0.1, 0.15) is 53.9 Å². The number of rotatable bonds is 12. The van der Waals surface area contributed by atoms with Crippen LogP contribution < -0.4 is 9.80 Å². The van der Waals surface area contributed by atoms with Crippen molar-refractivity contribution in [1.29, 1.82) is 0 Å².